The highest BCUT2D eigenvalue weighted by molar-refractivity contribution is 8.14. The number of carbonyl (C=O) groups excluding carboxylic acids is 3. The summed E-state index contributed by atoms with van der Waals surface area (Å²) in [5.74, 6) is 0.598. The summed E-state index contributed by atoms with van der Waals surface area (Å²) in [4.78, 5) is 32.7. The van der Waals surface area contributed by atoms with E-state index < -0.39 is 5.82 Å². The molecule has 1 aliphatic carbocycles. The molecule has 0 unspecified atom stereocenters. The van der Waals surface area contributed by atoms with Crippen molar-refractivity contribution in [3.8, 4) is 5.75 Å². The van der Waals surface area contributed by atoms with Crippen LogP contribution in [0.2, 0.25) is 0 Å². The molecule has 2 aliphatic rings. The lowest BCUT2D eigenvalue weighted by Gasteiger charge is -2.14. The maximum atomic E-state index is 13.3. The van der Waals surface area contributed by atoms with Crippen molar-refractivity contribution in [3.63, 3.8) is 0 Å². The highest BCUT2D eigenvalue weighted by Gasteiger charge is 2.26. The fourth-order valence-electron chi connectivity index (χ4n) is 3.33. The Morgan fingerprint density at radius 1 is 1.20 bits per heavy atom. The monoisotopic (exact) mass is 664 g/mol. The third-order valence-electron chi connectivity index (χ3n) is 5.14. The Balaban J connectivity index is 0. The Bertz CT molecular complexity index is 1230. The lowest BCUT2D eigenvalue weighted by atomic mass is 10.1. The first-order valence-corrected chi connectivity index (χ1v) is 16.1. The zero-order valence-electron chi connectivity index (χ0n) is 26.9. The zero-order valence-corrected chi connectivity index (χ0v) is 28.5. The average Bonchev–Trinajstić information content (AvgIpc) is 3.37. The second-order valence-corrected chi connectivity index (χ2v) is 10.2. The molecule has 0 bridgehead atoms. The highest BCUT2D eigenvalue weighted by Crippen LogP contribution is 2.35. The maximum absolute atomic E-state index is 13.3. The molecule has 0 spiro atoms. The van der Waals surface area contributed by atoms with E-state index in [1.165, 1.54) is 42.6 Å². The topological polar surface area (TPSA) is 93.7 Å². The van der Waals surface area contributed by atoms with Crippen LogP contribution in [0, 0.1) is 5.82 Å². The van der Waals surface area contributed by atoms with Crippen molar-refractivity contribution < 1.29 is 32.7 Å². The van der Waals surface area contributed by atoms with Gasteiger partial charge in [0.2, 0.25) is 0 Å². The number of Topliss-reactive ketones (excluding diaryl/α,β-unsaturated/α-hetero) is 1. The number of amides is 1. The summed E-state index contributed by atoms with van der Waals surface area (Å²) >= 11 is 2.24. The minimum absolute atomic E-state index is 0.0103. The molecule has 0 fully saturated rings. The summed E-state index contributed by atoms with van der Waals surface area (Å²) in [6.07, 6.45) is 11.3. The first-order valence-electron chi connectivity index (χ1n) is 14.3. The van der Waals surface area contributed by atoms with E-state index in [4.69, 9.17) is 9.47 Å². The van der Waals surface area contributed by atoms with Crippen LogP contribution in [0.3, 0.4) is 0 Å². The summed E-state index contributed by atoms with van der Waals surface area (Å²) < 4.78 is 36.6. The third-order valence-corrected chi connectivity index (χ3v) is 6.55. The number of thioether (sulfide) groups is 2. The van der Waals surface area contributed by atoms with E-state index in [0.717, 1.165) is 24.6 Å². The standard InChI is InChI=1S/C16H15FO3S.C10H14FN.C4H7NO2S.C2H6.C2H4/c1-4-19-15-9-13(18)12-8-11(17)6-7-14(12)20-16(15)10(3)21-5-2;1-2-4-9-5-3-6-10(12-11)8-7-9;1-5-4(7)8-3-2-6;2*1-2/h5-8H,2-4,9H2,1H3;3,5,7-8,12H,2,4,6H2,1H3;2H,3H2,1H3,(H,5,7);1-2H3;1-2H2. The van der Waals surface area contributed by atoms with Crippen LogP contribution in [-0.2, 0) is 9.53 Å². The molecule has 0 radical (unpaired) electrons. The predicted octanol–water partition coefficient (Wildman–Crippen LogP) is 9.55. The molecular formula is C34H46F2N2O5S2. The van der Waals surface area contributed by atoms with Crippen molar-refractivity contribution in [2.45, 2.75) is 53.4 Å². The van der Waals surface area contributed by atoms with Crippen LogP contribution in [0.15, 0.2) is 102 Å². The number of benzene rings is 1. The van der Waals surface area contributed by atoms with Gasteiger partial charge in [0.05, 0.1) is 29.2 Å². The zero-order chi connectivity index (χ0) is 34.6. The summed E-state index contributed by atoms with van der Waals surface area (Å²) in [7, 11) is 1.53. The largest absolute Gasteiger partial charge is 0.494 e. The van der Waals surface area contributed by atoms with Crippen LogP contribution in [-0.4, -0.2) is 36.7 Å². The Morgan fingerprint density at radius 2 is 1.89 bits per heavy atom. The molecular weight excluding hydrogens is 619 g/mol. The fourth-order valence-corrected chi connectivity index (χ4v) is 4.16. The summed E-state index contributed by atoms with van der Waals surface area (Å²) in [5.41, 5.74) is 3.77. The molecule has 0 atom stereocenters. The normalized spacial score (nSPS) is 12.6. The van der Waals surface area contributed by atoms with Crippen LogP contribution >= 0.6 is 23.5 Å². The minimum atomic E-state index is -0.480. The average molecular weight is 665 g/mol. The van der Waals surface area contributed by atoms with Gasteiger partial charge < -0.3 is 19.6 Å². The van der Waals surface area contributed by atoms with Crippen molar-refractivity contribution in [3.05, 3.63) is 113 Å². The molecule has 1 aliphatic heterocycles. The van der Waals surface area contributed by atoms with E-state index in [1.54, 1.807) is 17.0 Å². The number of nitrogens with one attached hydrogen (secondary N) is 2. The van der Waals surface area contributed by atoms with Crippen LogP contribution in [0.5, 0.6) is 5.75 Å². The highest BCUT2D eigenvalue weighted by atomic mass is 32.2. The maximum Gasteiger partial charge on any atom is 0.279 e. The Kier molecular flexibility index (Phi) is 26.7. The van der Waals surface area contributed by atoms with Gasteiger partial charge in [0, 0.05) is 19.2 Å². The molecule has 1 aromatic carbocycles. The van der Waals surface area contributed by atoms with E-state index in [2.05, 4.69) is 44.6 Å². The fraction of sp³-hybridized carbons (Fsp3) is 0.324. The number of rotatable bonds is 10. The molecule has 1 heterocycles. The van der Waals surface area contributed by atoms with E-state index in [9.17, 15) is 23.3 Å². The molecule has 1 aromatic rings. The number of ether oxygens (including phenoxy) is 2. The Morgan fingerprint density at radius 3 is 2.44 bits per heavy atom. The number of halogens is 2. The SMILES string of the molecule is C=C.C=CSC(=C)C1=C(OCC)CC(=O)c2cc(F)ccc2O1.CC.CCCC1=CC=C(NF)CC=C1.CNC(=O)SCC=O. The Hall–Kier alpha value is -3.83. The molecule has 45 heavy (non-hydrogen) atoms. The van der Waals surface area contributed by atoms with Crippen LogP contribution in [0.1, 0.15) is 63.7 Å². The number of carbonyl (C=O) groups is 3. The smallest absolute Gasteiger partial charge is 0.279 e. The van der Waals surface area contributed by atoms with Gasteiger partial charge in [-0.1, -0.05) is 82.1 Å². The van der Waals surface area contributed by atoms with Crippen molar-refractivity contribution in [1.82, 2.24) is 10.9 Å². The molecule has 248 valence electrons. The van der Waals surface area contributed by atoms with Crippen molar-refractivity contribution >= 4 is 40.8 Å². The van der Waals surface area contributed by atoms with Gasteiger partial charge in [-0.25, -0.2) is 9.93 Å². The van der Waals surface area contributed by atoms with Gasteiger partial charge in [-0.3, -0.25) is 9.59 Å². The lowest BCUT2D eigenvalue weighted by Crippen LogP contribution is -2.11. The van der Waals surface area contributed by atoms with Crippen LogP contribution < -0.4 is 15.6 Å². The molecule has 0 saturated heterocycles. The quantitative estimate of drug-likeness (QED) is 0.145. The predicted molar refractivity (Wildman–Crippen MR) is 186 cm³/mol. The number of ketones is 1. The summed E-state index contributed by atoms with van der Waals surface area (Å²) in [5, 5.41) is 3.81. The molecule has 0 aromatic heterocycles. The van der Waals surface area contributed by atoms with E-state index >= 15 is 0 Å². The van der Waals surface area contributed by atoms with Crippen molar-refractivity contribution in [1.29, 1.82) is 0 Å². The van der Waals surface area contributed by atoms with Gasteiger partial charge >= 0.3 is 0 Å². The molecule has 1 amide bonds. The van der Waals surface area contributed by atoms with Crippen LogP contribution in [0.25, 0.3) is 0 Å². The first kappa shape index (κ1) is 43.3. The van der Waals surface area contributed by atoms with Gasteiger partial charge in [-0.05, 0) is 48.6 Å². The third kappa shape index (κ3) is 17.9. The number of aldehydes is 1. The lowest BCUT2D eigenvalue weighted by molar-refractivity contribution is -0.105. The number of hydrogen-bond acceptors (Lipinski definition) is 8. The van der Waals surface area contributed by atoms with Gasteiger partial charge in [0.1, 0.15) is 23.6 Å². The molecule has 7 nitrogen and oxygen atoms in total. The second-order valence-electron chi connectivity index (χ2n) is 8.14. The molecule has 11 heteroatoms. The van der Waals surface area contributed by atoms with E-state index in [1.807, 2.05) is 32.9 Å². The Labute approximate surface area is 275 Å². The number of fused-ring (bicyclic) bond motifs is 1. The van der Waals surface area contributed by atoms with Gasteiger partial charge in [-0.15, -0.1) is 17.6 Å². The summed E-state index contributed by atoms with van der Waals surface area (Å²) in [6.45, 7) is 21.9. The number of allylic oxidation sites excluding steroid dienone is 6. The molecule has 3 rings (SSSR count). The van der Waals surface area contributed by atoms with Crippen molar-refractivity contribution in [2.24, 2.45) is 0 Å². The summed E-state index contributed by atoms with van der Waals surface area (Å²) in [6, 6.07) is 3.86. The minimum Gasteiger partial charge on any atom is -0.494 e. The van der Waals surface area contributed by atoms with Gasteiger partial charge in [0.25, 0.3) is 5.24 Å². The van der Waals surface area contributed by atoms with Crippen molar-refractivity contribution in [2.75, 3.05) is 19.4 Å². The first-order chi connectivity index (χ1) is 21.7. The van der Waals surface area contributed by atoms with E-state index in [0.29, 0.717) is 47.2 Å². The molecule has 0 saturated carbocycles. The number of hydrogen-bond donors (Lipinski definition) is 2. The second kappa shape index (κ2) is 27.7. The van der Waals surface area contributed by atoms with Gasteiger partial charge in [-0.2, -0.15) is 0 Å². The molecule has 2 N–H and O–H groups in total. The van der Waals surface area contributed by atoms with Crippen LogP contribution in [0.4, 0.5) is 13.7 Å². The van der Waals surface area contributed by atoms with E-state index in [-0.39, 0.29) is 28.8 Å². The van der Waals surface area contributed by atoms with Gasteiger partial charge in [0.15, 0.2) is 11.5 Å².